The van der Waals surface area contributed by atoms with Crippen molar-refractivity contribution in [1.29, 1.82) is 0 Å². The van der Waals surface area contributed by atoms with Gasteiger partial charge < -0.3 is 31.1 Å². The number of rotatable bonds is 4. The summed E-state index contributed by atoms with van der Waals surface area (Å²) in [4.78, 5) is 25.6. The minimum Gasteiger partial charge on any atom is -0.387 e. The summed E-state index contributed by atoms with van der Waals surface area (Å²) in [7, 11) is 0. The second-order valence-electron chi connectivity index (χ2n) is 9.47. The van der Waals surface area contributed by atoms with Crippen molar-refractivity contribution in [2.75, 3.05) is 5.73 Å². The van der Waals surface area contributed by atoms with Gasteiger partial charge in [-0.25, -0.2) is 15.0 Å². The third kappa shape index (κ3) is 2.87. The Labute approximate surface area is 177 Å². The van der Waals surface area contributed by atoms with E-state index in [0.29, 0.717) is 17.9 Å². The van der Waals surface area contributed by atoms with Crippen molar-refractivity contribution in [3.05, 3.63) is 12.2 Å². The van der Waals surface area contributed by atoms with E-state index < -0.39 is 36.0 Å². The Kier molecular flexibility index (Phi) is 4.11. The number of aromatic nitrogens is 4. The SMILES string of the molecule is Nc1nc(C2(O)CC3CCC2C3)nc2c1ncn2[C@@H]1O[C@H](C(=O)NC2CC2)C(O)C1O. The number of anilines is 1. The highest BCUT2D eigenvalue weighted by Crippen LogP contribution is 2.55. The van der Waals surface area contributed by atoms with Crippen LogP contribution >= 0.6 is 0 Å². The highest BCUT2D eigenvalue weighted by atomic mass is 16.6. The zero-order valence-corrected chi connectivity index (χ0v) is 16.9. The number of hydrogen-bond acceptors (Lipinski definition) is 9. The standard InChI is InChI=1S/C20H26N6O5/c21-15-11-16(25-19(24-15)20(30)6-8-1-2-9(20)5-8)26(7-22-11)18-13(28)12(27)14(31-18)17(29)23-10-3-4-10/h7-10,12-14,18,27-28,30H,1-6H2,(H,23,29)(H2,21,24,25)/t8?,9?,12?,13?,14-,18+,20?/m0/s1. The number of amides is 1. The Morgan fingerprint density at radius 2 is 2.03 bits per heavy atom. The summed E-state index contributed by atoms with van der Waals surface area (Å²) >= 11 is 0. The van der Waals surface area contributed by atoms with Crippen molar-refractivity contribution in [1.82, 2.24) is 24.8 Å². The molecule has 0 spiro atoms. The Hall–Kier alpha value is -2.34. The first-order chi connectivity index (χ1) is 14.8. The summed E-state index contributed by atoms with van der Waals surface area (Å²) in [5.74, 6) is 0.485. The largest absolute Gasteiger partial charge is 0.387 e. The van der Waals surface area contributed by atoms with Crippen LogP contribution < -0.4 is 11.1 Å². The van der Waals surface area contributed by atoms with Gasteiger partial charge in [-0.05, 0) is 50.4 Å². The molecule has 7 atom stereocenters. The molecular formula is C20H26N6O5. The maximum absolute atomic E-state index is 12.4. The number of carbonyl (C=O) groups is 1. The van der Waals surface area contributed by atoms with Crippen LogP contribution in [-0.2, 0) is 15.1 Å². The molecule has 2 aromatic heterocycles. The van der Waals surface area contributed by atoms with Crippen LogP contribution in [0.4, 0.5) is 5.82 Å². The Morgan fingerprint density at radius 3 is 2.71 bits per heavy atom. The minimum absolute atomic E-state index is 0.0939. The molecule has 6 rings (SSSR count). The molecule has 3 saturated carbocycles. The molecule has 5 unspecified atom stereocenters. The summed E-state index contributed by atoms with van der Waals surface area (Å²) in [6.07, 6.45) is 1.74. The lowest BCUT2D eigenvalue weighted by atomic mass is 9.83. The fourth-order valence-electron chi connectivity index (χ4n) is 5.51. The lowest BCUT2D eigenvalue weighted by Gasteiger charge is -2.31. The topological polar surface area (TPSA) is 169 Å². The number of hydrogen-bond donors (Lipinski definition) is 5. The van der Waals surface area contributed by atoms with Crippen LogP contribution in [0.2, 0.25) is 0 Å². The first kappa shape index (κ1) is 19.4. The summed E-state index contributed by atoms with van der Waals surface area (Å²) in [6, 6.07) is 0.103. The molecule has 2 aromatic rings. The third-order valence-corrected chi connectivity index (χ3v) is 7.35. The summed E-state index contributed by atoms with van der Waals surface area (Å²) in [6.45, 7) is 0. The van der Waals surface area contributed by atoms with E-state index in [0.717, 1.165) is 32.1 Å². The van der Waals surface area contributed by atoms with Gasteiger partial charge in [0.15, 0.2) is 29.6 Å². The summed E-state index contributed by atoms with van der Waals surface area (Å²) in [5, 5.41) is 35.2. The smallest absolute Gasteiger partial charge is 0.252 e. The second kappa shape index (κ2) is 6.58. The third-order valence-electron chi connectivity index (χ3n) is 7.35. The van der Waals surface area contributed by atoms with Gasteiger partial charge in [-0.1, -0.05) is 0 Å². The molecule has 3 aliphatic carbocycles. The van der Waals surface area contributed by atoms with Gasteiger partial charge in [0, 0.05) is 6.04 Å². The van der Waals surface area contributed by atoms with Crippen molar-refractivity contribution in [3.8, 4) is 0 Å². The number of imidazole rings is 1. The summed E-state index contributed by atoms with van der Waals surface area (Å²) < 4.78 is 7.21. The first-order valence-electron chi connectivity index (χ1n) is 10.9. The summed E-state index contributed by atoms with van der Waals surface area (Å²) in [5.41, 5.74) is 5.60. The second-order valence-corrected chi connectivity index (χ2v) is 9.47. The van der Waals surface area contributed by atoms with Crippen molar-refractivity contribution in [2.24, 2.45) is 11.8 Å². The molecular weight excluding hydrogens is 404 g/mol. The Bertz CT molecular complexity index is 1060. The van der Waals surface area contributed by atoms with E-state index in [1.165, 1.54) is 10.9 Å². The van der Waals surface area contributed by atoms with E-state index in [2.05, 4.69) is 20.3 Å². The zero-order valence-electron chi connectivity index (χ0n) is 16.9. The number of carbonyl (C=O) groups excluding carboxylic acids is 1. The molecule has 166 valence electrons. The molecule has 11 nitrogen and oxygen atoms in total. The van der Waals surface area contributed by atoms with E-state index in [1.54, 1.807) is 0 Å². The van der Waals surface area contributed by atoms with E-state index in [1.807, 2.05) is 0 Å². The van der Waals surface area contributed by atoms with Crippen molar-refractivity contribution in [3.63, 3.8) is 0 Å². The van der Waals surface area contributed by atoms with E-state index in [4.69, 9.17) is 10.5 Å². The number of nitrogens with one attached hydrogen (secondary N) is 1. The van der Waals surface area contributed by atoms with E-state index in [9.17, 15) is 20.1 Å². The molecule has 1 aliphatic heterocycles. The number of nitrogens with two attached hydrogens (primary N) is 1. The van der Waals surface area contributed by atoms with Gasteiger partial charge >= 0.3 is 0 Å². The number of nitrogen functional groups attached to an aromatic ring is 1. The maximum Gasteiger partial charge on any atom is 0.252 e. The molecule has 4 fully saturated rings. The highest BCUT2D eigenvalue weighted by molar-refractivity contribution is 5.83. The number of aliphatic hydroxyl groups excluding tert-OH is 2. The minimum atomic E-state index is -1.39. The molecule has 1 saturated heterocycles. The van der Waals surface area contributed by atoms with Crippen molar-refractivity contribution in [2.45, 2.75) is 74.7 Å². The van der Waals surface area contributed by atoms with Gasteiger partial charge in [-0.3, -0.25) is 9.36 Å². The number of aliphatic hydroxyl groups is 3. The fourth-order valence-corrected chi connectivity index (χ4v) is 5.51. The van der Waals surface area contributed by atoms with E-state index in [-0.39, 0.29) is 29.2 Å². The molecule has 11 heteroatoms. The van der Waals surface area contributed by atoms with Crippen molar-refractivity contribution >= 4 is 22.9 Å². The molecule has 4 aliphatic rings. The van der Waals surface area contributed by atoms with Gasteiger partial charge in [-0.15, -0.1) is 0 Å². The lowest BCUT2D eigenvalue weighted by Crippen LogP contribution is -2.43. The van der Waals surface area contributed by atoms with Crippen molar-refractivity contribution < 1.29 is 24.9 Å². The monoisotopic (exact) mass is 430 g/mol. The molecule has 31 heavy (non-hydrogen) atoms. The predicted molar refractivity (Wildman–Crippen MR) is 106 cm³/mol. The average molecular weight is 430 g/mol. The van der Waals surface area contributed by atoms with Crippen LogP contribution in [0, 0.1) is 11.8 Å². The van der Waals surface area contributed by atoms with Gasteiger partial charge in [0.2, 0.25) is 0 Å². The van der Waals surface area contributed by atoms with Crippen LogP contribution in [0.15, 0.2) is 6.33 Å². The number of nitrogens with zero attached hydrogens (tertiary/aromatic N) is 4. The van der Waals surface area contributed by atoms with Crippen LogP contribution in [0.1, 0.15) is 50.6 Å². The lowest BCUT2D eigenvalue weighted by molar-refractivity contribution is -0.137. The average Bonchev–Trinajstić information content (AvgIpc) is 3.07. The van der Waals surface area contributed by atoms with Crippen LogP contribution in [0.5, 0.6) is 0 Å². The first-order valence-corrected chi connectivity index (χ1v) is 10.9. The predicted octanol–water partition coefficient (Wildman–Crippen LogP) is -0.686. The molecule has 0 radical (unpaired) electrons. The fraction of sp³-hybridized carbons (Fsp3) is 0.700. The molecule has 2 bridgehead atoms. The zero-order chi connectivity index (χ0) is 21.5. The molecule has 6 N–H and O–H groups in total. The van der Waals surface area contributed by atoms with Crippen LogP contribution in [-0.4, -0.2) is 65.1 Å². The van der Waals surface area contributed by atoms with Gasteiger partial charge in [-0.2, -0.15) is 0 Å². The van der Waals surface area contributed by atoms with Crippen LogP contribution in [0.25, 0.3) is 11.2 Å². The molecule has 3 heterocycles. The van der Waals surface area contributed by atoms with Crippen LogP contribution in [0.3, 0.4) is 0 Å². The quantitative estimate of drug-likeness (QED) is 0.422. The number of ether oxygens (including phenoxy) is 1. The highest BCUT2D eigenvalue weighted by Gasteiger charge is 2.53. The molecule has 0 aromatic carbocycles. The van der Waals surface area contributed by atoms with E-state index >= 15 is 0 Å². The normalized spacial score (nSPS) is 39.5. The maximum atomic E-state index is 12.4. The van der Waals surface area contributed by atoms with Gasteiger partial charge in [0.25, 0.3) is 5.91 Å². The number of fused-ring (bicyclic) bond motifs is 3. The molecule has 1 amide bonds. The van der Waals surface area contributed by atoms with Gasteiger partial charge in [0.1, 0.15) is 23.3 Å². The Balaban J connectivity index is 1.35. The Morgan fingerprint density at radius 1 is 1.23 bits per heavy atom. The van der Waals surface area contributed by atoms with Gasteiger partial charge in [0.05, 0.1) is 6.33 Å².